The van der Waals surface area contributed by atoms with Gasteiger partial charge in [-0.1, -0.05) is 6.07 Å². The number of ether oxygens (including phenoxy) is 2. The van der Waals surface area contributed by atoms with Crippen molar-refractivity contribution in [2.75, 3.05) is 19.7 Å². The Balaban J connectivity index is 1.52. The topological polar surface area (TPSA) is 89.0 Å². The van der Waals surface area contributed by atoms with Crippen LogP contribution in [-0.4, -0.2) is 46.6 Å². The normalized spacial score (nSPS) is 19.4. The number of hydrogen-bond acceptors (Lipinski definition) is 5. The molecule has 0 saturated carbocycles. The fourth-order valence-electron chi connectivity index (χ4n) is 3.00. The smallest absolute Gasteiger partial charge is 0.311 e. The van der Waals surface area contributed by atoms with Gasteiger partial charge in [-0.25, -0.2) is 4.98 Å². The summed E-state index contributed by atoms with van der Waals surface area (Å²) < 4.78 is 11.1. The minimum Gasteiger partial charge on any atom is -0.484 e. The second-order valence-corrected chi connectivity index (χ2v) is 6.81. The Morgan fingerprint density at radius 1 is 1.19 bits per heavy atom. The van der Waals surface area contributed by atoms with Crippen LogP contribution in [0.25, 0.3) is 0 Å². The molecule has 0 radical (unpaired) electrons. The first-order valence-electron chi connectivity index (χ1n) is 8.79. The van der Waals surface area contributed by atoms with Crippen molar-refractivity contribution >= 4 is 11.9 Å². The van der Waals surface area contributed by atoms with Crippen LogP contribution in [0.15, 0.2) is 48.7 Å². The van der Waals surface area contributed by atoms with Crippen LogP contribution in [0.4, 0.5) is 0 Å². The Morgan fingerprint density at radius 3 is 2.59 bits per heavy atom. The maximum atomic E-state index is 12.4. The Labute approximate surface area is 157 Å². The molecule has 142 valence electrons. The molecule has 1 saturated heterocycles. The summed E-state index contributed by atoms with van der Waals surface area (Å²) in [5.41, 5.74) is -0.891. The molecule has 1 fully saturated rings. The molecule has 1 aromatic heterocycles. The molecule has 1 aliphatic rings. The van der Waals surface area contributed by atoms with E-state index in [1.54, 1.807) is 48.4 Å². The Hall–Kier alpha value is -3.09. The number of piperidine rings is 1. The second kappa shape index (κ2) is 8.07. The summed E-state index contributed by atoms with van der Waals surface area (Å²) in [4.78, 5) is 29.4. The van der Waals surface area contributed by atoms with Gasteiger partial charge in [0.1, 0.15) is 11.5 Å². The largest absolute Gasteiger partial charge is 0.484 e. The molecular weight excluding hydrogens is 348 g/mol. The van der Waals surface area contributed by atoms with Crippen molar-refractivity contribution in [2.45, 2.75) is 19.8 Å². The molecule has 1 aliphatic heterocycles. The van der Waals surface area contributed by atoms with Crippen LogP contribution in [0.1, 0.15) is 19.8 Å². The van der Waals surface area contributed by atoms with Gasteiger partial charge in [0.25, 0.3) is 5.91 Å². The summed E-state index contributed by atoms with van der Waals surface area (Å²) in [6, 6.07) is 12.3. The molecule has 2 aromatic rings. The lowest BCUT2D eigenvalue weighted by atomic mass is 9.82. The zero-order chi connectivity index (χ0) is 19.3. The maximum Gasteiger partial charge on any atom is 0.311 e. The number of aromatic nitrogens is 1. The first-order chi connectivity index (χ1) is 13.0. The van der Waals surface area contributed by atoms with E-state index in [2.05, 4.69) is 4.98 Å². The molecule has 0 spiro atoms. The molecule has 7 heteroatoms. The van der Waals surface area contributed by atoms with Crippen molar-refractivity contribution in [1.29, 1.82) is 0 Å². The highest BCUT2D eigenvalue weighted by molar-refractivity contribution is 5.80. The fraction of sp³-hybridized carbons (Fsp3) is 0.350. The number of carbonyl (C=O) groups excluding carboxylic acids is 1. The molecule has 1 aromatic carbocycles. The fourth-order valence-corrected chi connectivity index (χ4v) is 3.00. The van der Waals surface area contributed by atoms with Crippen LogP contribution in [0.3, 0.4) is 0 Å². The highest BCUT2D eigenvalue weighted by Gasteiger charge is 2.39. The molecule has 2 heterocycles. The molecule has 1 N–H and O–H groups in total. The van der Waals surface area contributed by atoms with E-state index in [0.717, 1.165) is 0 Å². The number of carbonyl (C=O) groups is 2. The van der Waals surface area contributed by atoms with E-state index in [-0.39, 0.29) is 19.1 Å². The minimum absolute atomic E-state index is 0.129. The van der Waals surface area contributed by atoms with Crippen molar-refractivity contribution in [3.8, 4) is 17.4 Å². The van der Waals surface area contributed by atoms with E-state index in [0.29, 0.717) is 36.8 Å². The molecule has 0 aliphatic carbocycles. The van der Waals surface area contributed by atoms with E-state index >= 15 is 0 Å². The minimum atomic E-state index is -0.891. The van der Waals surface area contributed by atoms with Crippen LogP contribution >= 0.6 is 0 Å². The van der Waals surface area contributed by atoms with Gasteiger partial charge in [-0.15, -0.1) is 0 Å². The third-order valence-corrected chi connectivity index (χ3v) is 4.61. The van der Waals surface area contributed by atoms with Crippen molar-refractivity contribution < 1.29 is 24.2 Å². The SMILES string of the molecule is CC1(C(=O)O)CCCN(C(=O)COc2ccc(Oc3ccccn3)cc2)C1. The van der Waals surface area contributed by atoms with E-state index < -0.39 is 11.4 Å². The van der Waals surface area contributed by atoms with Gasteiger partial charge in [-0.05, 0) is 50.1 Å². The zero-order valence-corrected chi connectivity index (χ0v) is 15.1. The number of carboxylic acids is 1. The number of nitrogens with zero attached hydrogens (tertiary/aromatic N) is 2. The van der Waals surface area contributed by atoms with E-state index in [1.807, 2.05) is 12.1 Å². The summed E-state index contributed by atoms with van der Waals surface area (Å²) in [7, 11) is 0. The lowest BCUT2D eigenvalue weighted by Gasteiger charge is -2.37. The van der Waals surface area contributed by atoms with E-state index in [1.165, 1.54) is 0 Å². The van der Waals surface area contributed by atoms with Crippen LogP contribution in [0.5, 0.6) is 17.4 Å². The summed E-state index contributed by atoms with van der Waals surface area (Å²) in [6.07, 6.45) is 2.90. The van der Waals surface area contributed by atoms with Crippen LogP contribution < -0.4 is 9.47 Å². The Bertz CT molecular complexity index is 794. The number of benzene rings is 1. The third kappa shape index (κ3) is 4.75. The van der Waals surface area contributed by atoms with Gasteiger partial charge in [0.05, 0.1) is 5.41 Å². The summed E-state index contributed by atoms with van der Waals surface area (Å²) in [5.74, 6) is 0.559. The van der Waals surface area contributed by atoms with Crippen molar-refractivity contribution in [3.05, 3.63) is 48.7 Å². The van der Waals surface area contributed by atoms with Crippen LogP contribution in [-0.2, 0) is 9.59 Å². The van der Waals surface area contributed by atoms with Crippen molar-refractivity contribution in [2.24, 2.45) is 5.41 Å². The molecule has 7 nitrogen and oxygen atoms in total. The molecule has 3 rings (SSSR count). The number of likely N-dealkylation sites (tertiary alicyclic amines) is 1. The molecule has 27 heavy (non-hydrogen) atoms. The van der Waals surface area contributed by atoms with Gasteiger partial charge in [-0.2, -0.15) is 0 Å². The lowest BCUT2D eigenvalue weighted by Crippen LogP contribution is -2.49. The highest BCUT2D eigenvalue weighted by Crippen LogP contribution is 2.30. The monoisotopic (exact) mass is 370 g/mol. The average Bonchev–Trinajstić information content (AvgIpc) is 2.68. The number of aliphatic carboxylic acids is 1. The summed E-state index contributed by atoms with van der Waals surface area (Å²) in [5, 5.41) is 9.35. The lowest BCUT2D eigenvalue weighted by molar-refractivity contribution is -0.153. The van der Waals surface area contributed by atoms with Gasteiger partial charge in [0.2, 0.25) is 5.88 Å². The predicted octanol–water partition coefficient (Wildman–Crippen LogP) is 2.97. The predicted molar refractivity (Wildman–Crippen MR) is 97.8 cm³/mol. The zero-order valence-electron chi connectivity index (χ0n) is 15.1. The maximum absolute atomic E-state index is 12.4. The van der Waals surface area contributed by atoms with Gasteiger partial charge in [0, 0.05) is 25.4 Å². The highest BCUT2D eigenvalue weighted by atomic mass is 16.5. The van der Waals surface area contributed by atoms with Gasteiger partial charge < -0.3 is 19.5 Å². The van der Waals surface area contributed by atoms with Gasteiger partial charge >= 0.3 is 5.97 Å². The number of amides is 1. The summed E-state index contributed by atoms with van der Waals surface area (Å²) >= 11 is 0. The standard InChI is InChI=1S/C20H22N2O5/c1-20(19(24)25)10-4-12-22(14-20)18(23)13-26-15-6-8-16(9-7-15)27-17-5-2-3-11-21-17/h2-3,5-9,11H,4,10,12-14H2,1H3,(H,24,25). The van der Waals surface area contributed by atoms with Crippen LogP contribution in [0.2, 0.25) is 0 Å². The second-order valence-electron chi connectivity index (χ2n) is 6.81. The Kier molecular flexibility index (Phi) is 5.59. The van der Waals surface area contributed by atoms with Crippen LogP contribution in [0, 0.1) is 5.41 Å². The number of hydrogen-bond donors (Lipinski definition) is 1. The van der Waals surface area contributed by atoms with Crippen molar-refractivity contribution in [3.63, 3.8) is 0 Å². The first kappa shape index (κ1) is 18.7. The molecule has 1 amide bonds. The van der Waals surface area contributed by atoms with Crippen molar-refractivity contribution in [1.82, 2.24) is 9.88 Å². The third-order valence-electron chi connectivity index (χ3n) is 4.61. The van der Waals surface area contributed by atoms with Gasteiger partial charge in [-0.3, -0.25) is 9.59 Å². The number of pyridine rings is 1. The Morgan fingerprint density at radius 2 is 1.93 bits per heavy atom. The number of rotatable bonds is 6. The molecule has 1 unspecified atom stereocenters. The molecular formula is C20H22N2O5. The first-order valence-corrected chi connectivity index (χ1v) is 8.79. The molecule has 1 atom stereocenters. The average molecular weight is 370 g/mol. The van der Waals surface area contributed by atoms with Gasteiger partial charge in [0.15, 0.2) is 6.61 Å². The van der Waals surface area contributed by atoms with E-state index in [4.69, 9.17) is 9.47 Å². The summed E-state index contributed by atoms with van der Waals surface area (Å²) in [6.45, 7) is 2.31. The quantitative estimate of drug-likeness (QED) is 0.841. The van der Waals surface area contributed by atoms with E-state index in [9.17, 15) is 14.7 Å². The molecule has 0 bridgehead atoms. The number of carboxylic acid groups (broad SMARTS) is 1.